The lowest BCUT2D eigenvalue weighted by molar-refractivity contribution is 0.307. The van der Waals surface area contributed by atoms with E-state index in [9.17, 15) is 0 Å². The number of oxazole rings is 1. The smallest absolute Gasteiger partial charge is 0.232 e. The molecule has 2 rings (SSSR count). The lowest BCUT2D eigenvalue weighted by Gasteiger charge is -2.25. The Morgan fingerprint density at radius 1 is 1.29 bits per heavy atom. The lowest BCUT2D eigenvalue weighted by Crippen LogP contribution is -2.27. The highest BCUT2D eigenvalue weighted by atomic mass is 16.5. The minimum Gasteiger partial charge on any atom is -0.493 e. The van der Waals surface area contributed by atoms with Gasteiger partial charge in [0.15, 0.2) is 17.4 Å². The number of anilines is 1. The summed E-state index contributed by atoms with van der Waals surface area (Å²) in [6.45, 7) is 2.26. The van der Waals surface area contributed by atoms with Gasteiger partial charge >= 0.3 is 0 Å². The summed E-state index contributed by atoms with van der Waals surface area (Å²) in [4.78, 5) is 6.11. The average Bonchev–Trinajstić information content (AvgIpc) is 2.94. The molecule has 0 aliphatic heterocycles. The second-order valence-electron chi connectivity index (χ2n) is 5.50. The largest absolute Gasteiger partial charge is 0.493 e. The molecule has 0 fully saturated rings. The summed E-state index contributed by atoms with van der Waals surface area (Å²) in [6.07, 6.45) is 0. The van der Waals surface area contributed by atoms with Crippen molar-refractivity contribution in [2.75, 3.05) is 40.2 Å². The van der Waals surface area contributed by atoms with Crippen LogP contribution < -0.4 is 14.8 Å². The van der Waals surface area contributed by atoms with Crippen LogP contribution in [-0.2, 0) is 0 Å². The van der Waals surface area contributed by atoms with Crippen LogP contribution in [0.2, 0.25) is 0 Å². The fourth-order valence-corrected chi connectivity index (χ4v) is 2.47. The first-order chi connectivity index (χ1) is 11.5. The van der Waals surface area contributed by atoms with Gasteiger partial charge in [0.25, 0.3) is 0 Å². The van der Waals surface area contributed by atoms with Crippen molar-refractivity contribution in [1.82, 2.24) is 9.88 Å². The second kappa shape index (κ2) is 7.70. The van der Waals surface area contributed by atoms with Gasteiger partial charge in [-0.3, -0.25) is 0 Å². The van der Waals surface area contributed by atoms with Gasteiger partial charge in [0.2, 0.25) is 11.6 Å². The maximum atomic E-state index is 9.10. The molecule has 2 aromatic rings. The van der Waals surface area contributed by atoms with E-state index in [-0.39, 0.29) is 11.7 Å². The number of nitrogens with one attached hydrogen (secondary N) is 1. The minimum absolute atomic E-state index is 0.0433. The molecular weight excluding hydrogens is 308 g/mol. The highest BCUT2D eigenvalue weighted by molar-refractivity contribution is 5.47. The normalized spacial score (nSPS) is 11.9. The highest BCUT2D eigenvalue weighted by Gasteiger charge is 2.18. The molecule has 0 amide bonds. The van der Waals surface area contributed by atoms with Gasteiger partial charge in [-0.05, 0) is 31.8 Å². The van der Waals surface area contributed by atoms with E-state index in [1.54, 1.807) is 21.1 Å². The van der Waals surface area contributed by atoms with E-state index in [2.05, 4.69) is 15.2 Å². The molecule has 1 N–H and O–H groups in total. The quantitative estimate of drug-likeness (QED) is 0.835. The summed E-state index contributed by atoms with van der Waals surface area (Å²) in [5.41, 5.74) is 1.32. The van der Waals surface area contributed by atoms with Crippen LogP contribution in [0.4, 0.5) is 5.88 Å². The molecule has 1 heterocycles. The third kappa shape index (κ3) is 3.78. The van der Waals surface area contributed by atoms with Crippen LogP contribution in [0.25, 0.3) is 0 Å². The molecule has 0 saturated carbocycles. The molecular formula is C17H22N4O3. The van der Waals surface area contributed by atoms with Crippen LogP contribution in [0.1, 0.15) is 23.2 Å². The first kappa shape index (κ1) is 17.6. The second-order valence-corrected chi connectivity index (χ2v) is 5.50. The number of aryl methyl sites for hydroxylation is 1. The number of ether oxygens (including phenoxy) is 2. The van der Waals surface area contributed by atoms with Crippen molar-refractivity contribution < 1.29 is 13.9 Å². The fraction of sp³-hybridized carbons (Fsp3) is 0.412. The summed E-state index contributed by atoms with van der Waals surface area (Å²) in [6, 6.07) is 7.88. The number of hydrogen-bond acceptors (Lipinski definition) is 7. The van der Waals surface area contributed by atoms with Crippen LogP contribution >= 0.6 is 0 Å². The molecule has 7 heteroatoms. The number of hydrogen-bond donors (Lipinski definition) is 1. The van der Waals surface area contributed by atoms with E-state index in [1.165, 1.54) is 0 Å². The predicted molar refractivity (Wildman–Crippen MR) is 90.4 cm³/mol. The Balaban J connectivity index is 2.22. The Labute approximate surface area is 141 Å². The van der Waals surface area contributed by atoms with Crippen molar-refractivity contribution in [1.29, 1.82) is 5.26 Å². The zero-order valence-electron chi connectivity index (χ0n) is 14.6. The Morgan fingerprint density at radius 3 is 2.58 bits per heavy atom. The van der Waals surface area contributed by atoms with E-state index < -0.39 is 0 Å². The molecule has 7 nitrogen and oxygen atoms in total. The summed E-state index contributed by atoms with van der Waals surface area (Å²) in [5, 5.41) is 12.3. The van der Waals surface area contributed by atoms with Crippen molar-refractivity contribution >= 4 is 5.88 Å². The van der Waals surface area contributed by atoms with E-state index in [0.29, 0.717) is 29.8 Å². The number of benzene rings is 1. The van der Waals surface area contributed by atoms with Gasteiger partial charge < -0.3 is 24.1 Å². The molecule has 24 heavy (non-hydrogen) atoms. The predicted octanol–water partition coefficient (Wildman–Crippen LogP) is 2.59. The minimum atomic E-state index is 0.0433. The van der Waals surface area contributed by atoms with Gasteiger partial charge in [0.05, 0.1) is 20.3 Å². The zero-order chi connectivity index (χ0) is 17.7. The van der Waals surface area contributed by atoms with Crippen LogP contribution in [-0.4, -0.2) is 44.7 Å². The van der Waals surface area contributed by atoms with Crippen molar-refractivity contribution in [3.8, 4) is 17.6 Å². The first-order valence-electron chi connectivity index (χ1n) is 7.49. The van der Waals surface area contributed by atoms with Crippen molar-refractivity contribution in [3.63, 3.8) is 0 Å². The molecule has 128 valence electrons. The number of nitrogens with zero attached hydrogens (tertiary/aromatic N) is 3. The molecule has 0 aliphatic carbocycles. The van der Waals surface area contributed by atoms with Gasteiger partial charge in [0.1, 0.15) is 6.07 Å². The van der Waals surface area contributed by atoms with Gasteiger partial charge in [-0.1, -0.05) is 6.07 Å². The number of rotatable bonds is 7. The fourth-order valence-electron chi connectivity index (χ4n) is 2.47. The average molecular weight is 330 g/mol. The molecule has 1 aromatic heterocycles. The third-order valence-electron chi connectivity index (χ3n) is 3.71. The van der Waals surface area contributed by atoms with E-state index >= 15 is 0 Å². The summed E-state index contributed by atoms with van der Waals surface area (Å²) in [7, 11) is 7.19. The monoisotopic (exact) mass is 330 g/mol. The molecule has 1 atom stereocenters. The van der Waals surface area contributed by atoms with Gasteiger partial charge in [-0.25, -0.2) is 4.98 Å². The molecule has 0 unspecified atom stereocenters. The highest BCUT2D eigenvalue weighted by Crippen LogP contribution is 2.31. The maximum absolute atomic E-state index is 9.10. The Morgan fingerprint density at radius 2 is 2.00 bits per heavy atom. The molecule has 0 bridgehead atoms. The van der Waals surface area contributed by atoms with E-state index in [0.717, 1.165) is 5.56 Å². The van der Waals surface area contributed by atoms with Gasteiger partial charge in [-0.15, -0.1) is 0 Å². The van der Waals surface area contributed by atoms with Crippen molar-refractivity contribution in [3.05, 3.63) is 35.3 Å². The lowest BCUT2D eigenvalue weighted by atomic mass is 10.1. The van der Waals surface area contributed by atoms with Crippen LogP contribution in [0.5, 0.6) is 11.5 Å². The number of likely N-dealkylation sites (N-methyl/N-ethyl adjacent to an activating group) is 1. The van der Waals surface area contributed by atoms with Crippen LogP contribution in [0.3, 0.4) is 0 Å². The Kier molecular flexibility index (Phi) is 5.66. The third-order valence-corrected chi connectivity index (χ3v) is 3.71. The Hall–Kier alpha value is -2.72. The summed E-state index contributed by atoms with van der Waals surface area (Å²) < 4.78 is 16.1. The van der Waals surface area contributed by atoms with E-state index in [1.807, 2.05) is 38.4 Å². The molecule has 0 radical (unpaired) electrons. The maximum Gasteiger partial charge on any atom is 0.232 e. The molecule has 0 aliphatic rings. The van der Waals surface area contributed by atoms with Crippen LogP contribution in [0.15, 0.2) is 22.6 Å². The van der Waals surface area contributed by atoms with Gasteiger partial charge in [-0.2, -0.15) is 5.26 Å². The molecule has 1 aromatic carbocycles. The van der Waals surface area contributed by atoms with Crippen LogP contribution in [0, 0.1) is 18.3 Å². The summed E-state index contributed by atoms with van der Waals surface area (Å²) in [5.74, 6) is 2.21. The van der Waals surface area contributed by atoms with E-state index in [4.69, 9.17) is 19.2 Å². The SMILES string of the molecule is COc1ccc([C@@H](CNc2oc(C)nc2C#N)N(C)C)cc1OC. The van der Waals surface area contributed by atoms with Crippen molar-refractivity contribution in [2.45, 2.75) is 13.0 Å². The summed E-state index contributed by atoms with van der Waals surface area (Å²) >= 11 is 0. The standard InChI is InChI=1S/C17H22N4O3/c1-11-20-13(9-18)17(24-11)19-10-14(21(2)3)12-6-7-15(22-4)16(8-12)23-5/h6-8,14,19H,10H2,1-5H3/t14-/m1/s1. The number of methoxy groups -OCH3 is 2. The van der Waals surface area contributed by atoms with Crippen molar-refractivity contribution in [2.24, 2.45) is 0 Å². The Bertz CT molecular complexity index is 734. The zero-order valence-corrected chi connectivity index (χ0v) is 14.6. The molecule has 0 saturated heterocycles. The molecule has 0 spiro atoms. The topological polar surface area (TPSA) is 83.5 Å². The number of aromatic nitrogens is 1. The number of nitriles is 1. The van der Waals surface area contributed by atoms with Gasteiger partial charge in [0, 0.05) is 13.5 Å². The first-order valence-corrected chi connectivity index (χ1v) is 7.49.